The quantitative estimate of drug-likeness (QED) is 0.277. The average molecular weight is 450 g/mol. The van der Waals surface area contributed by atoms with Crippen molar-refractivity contribution in [1.82, 2.24) is 14.0 Å². The molecule has 0 saturated carbocycles. The molecule has 174 valence electrons. The summed E-state index contributed by atoms with van der Waals surface area (Å²) in [6, 6.07) is 25.2. The van der Waals surface area contributed by atoms with Gasteiger partial charge in [0.25, 0.3) is 0 Å². The van der Waals surface area contributed by atoms with Crippen LogP contribution < -0.4 is 0 Å². The Morgan fingerprint density at radius 1 is 0.824 bits per heavy atom. The molecule has 1 aliphatic heterocycles. The highest BCUT2D eigenvalue weighted by atomic mass is 15.2. The van der Waals surface area contributed by atoms with E-state index in [4.69, 9.17) is 0 Å². The lowest BCUT2D eigenvalue weighted by Crippen LogP contribution is -2.34. The molecule has 0 spiro atoms. The van der Waals surface area contributed by atoms with Crippen LogP contribution in [0.2, 0.25) is 0 Å². The minimum atomic E-state index is 0.235. The maximum absolute atomic E-state index is 2.52. The Hall–Kier alpha value is -3.30. The molecule has 5 aromatic rings. The molecule has 0 bridgehead atoms. The number of likely N-dealkylation sites (N-methyl/N-ethyl adjacent to an activating group) is 1. The van der Waals surface area contributed by atoms with Crippen molar-refractivity contribution in [2.45, 2.75) is 33.2 Å². The molecule has 34 heavy (non-hydrogen) atoms. The van der Waals surface area contributed by atoms with E-state index < -0.39 is 0 Å². The first-order chi connectivity index (χ1) is 16.5. The number of rotatable bonds is 2. The summed E-state index contributed by atoms with van der Waals surface area (Å²) in [4.78, 5) is 2.52. The van der Waals surface area contributed by atoms with Crippen LogP contribution in [0.3, 0.4) is 0 Å². The fourth-order valence-electron chi connectivity index (χ4n) is 5.72. The van der Waals surface area contributed by atoms with E-state index in [-0.39, 0.29) is 6.04 Å². The monoisotopic (exact) mass is 449 g/mol. The zero-order valence-electron chi connectivity index (χ0n) is 21.3. The van der Waals surface area contributed by atoms with Gasteiger partial charge in [0, 0.05) is 54.3 Å². The van der Waals surface area contributed by atoms with Gasteiger partial charge in [-0.05, 0) is 73.0 Å². The van der Waals surface area contributed by atoms with E-state index in [9.17, 15) is 0 Å². The SMILES string of the molecule is CC.Cc1ccc2c(c1)c1c(n2C)C(c2ccccc2-c2ccc3c(ccn3C)c2)N(C)CC1. The topological polar surface area (TPSA) is 13.1 Å². The molecule has 0 N–H and O–H groups in total. The molecule has 0 aliphatic carbocycles. The zero-order valence-corrected chi connectivity index (χ0v) is 21.3. The highest BCUT2D eigenvalue weighted by Crippen LogP contribution is 2.42. The zero-order chi connectivity index (χ0) is 24.0. The predicted octanol–water partition coefficient (Wildman–Crippen LogP) is 7.25. The van der Waals surface area contributed by atoms with Gasteiger partial charge in [-0.15, -0.1) is 0 Å². The Bertz CT molecular complexity index is 1480. The highest BCUT2D eigenvalue weighted by Gasteiger charge is 2.32. The summed E-state index contributed by atoms with van der Waals surface area (Å²) in [5, 5.41) is 2.71. The van der Waals surface area contributed by atoms with Crippen LogP contribution in [0.15, 0.2) is 72.9 Å². The van der Waals surface area contributed by atoms with Crippen LogP contribution in [-0.2, 0) is 20.5 Å². The Kier molecular flexibility index (Phi) is 5.83. The summed E-state index contributed by atoms with van der Waals surface area (Å²) in [7, 11) is 6.62. The van der Waals surface area contributed by atoms with E-state index in [2.05, 4.69) is 115 Å². The van der Waals surface area contributed by atoms with Gasteiger partial charge in [-0.1, -0.05) is 55.8 Å². The van der Waals surface area contributed by atoms with E-state index in [0.29, 0.717) is 0 Å². The van der Waals surface area contributed by atoms with Crippen LogP contribution >= 0.6 is 0 Å². The van der Waals surface area contributed by atoms with Crippen molar-refractivity contribution < 1.29 is 0 Å². The normalized spacial score (nSPS) is 15.9. The highest BCUT2D eigenvalue weighted by molar-refractivity contribution is 5.88. The summed E-state index contributed by atoms with van der Waals surface area (Å²) in [5.74, 6) is 0. The van der Waals surface area contributed by atoms with Crippen molar-refractivity contribution in [3.05, 3.63) is 95.3 Å². The maximum Gasteiger partial charge on any atom is 0.0762 e. The van der Waals surface area contributed by atoms with Gasteiger partial charge in [-0.3, -0.25) is 4.90 Å². The molecule has 2 aromatic heterocycles. The first kappa shape index (κ1) is 22.5. The van der Waals surface area contributed by atoms with E-state index >= 15 is 0 Å². The molecule has 0 radical (unpaired) electrons. The van der Waals surface area contributed by atoms with E-state index in [1.165, 1.54) is 55.3 Å². The first-order valence-electron chi connectivity index (χ1n) is 12.5. The summed E-state index contributed by atoms with van der Waals surface area (Å²) >= 11 is 0. The van der Waals surface area contributed by atoms with Crippen molar-refractivity contribution in [3.63, 3.8) is 0 Å². The van der Waals surface area contributed by atoms with Crippen LogP contribution in [0.4, 0.5) is 0 Å². The lowest BCUT2D eigenvalue weighted by Gasteiger charge is -2.35. The molecule has 1 atom stereocenters. The molecule has 1 aliphatic rings. The molecule has 1 unspecified atom stereocenters. The maximum atomic E-state index is 2.52. The Labute approximate surface area is 203 Å². The fraction of sp³-hybridized carbons (Fsp3) is 0.290. The number of nitrogens with zero attached hydrogens (tertiary/aromatic N) is 3. The molecule has 3 nitrogen and oxygen atoms in total. The van der Waals surface area contributed by atoms with Crippen LogP contribution in [0.5, 0.6) is 0 Å². The van der Waals surface area contributed by atoms with Crippen molar-refractivity contribution in [2.24, 2.45) is 14.1 Å². The Balaban J connectivity index is 0.00000117. The smallest absolute Gasteiger partial charge is 0.0762 e. The van der Waals surface area contributed by atoms with Gasteiger partial charge in [-0.25, -0.2) is 0 Å². The van der Waals surface area contributed by atoms with Gasteiger partial charge in [0.2, 0.25) is 0 Å². The summed E-state index contributed by atoms with van der Waals surface area (Å²) in [6.45, 7) is 7.26. The molecular formula is C31H35N3. The van der Waals surface area contributed by atoms with Crippen LogP contribution in [0.1, 0.15) is 42.3 Å². The molecule has 3 heterocycles. The number of hydrogen-bond acceptors (Lipinski definition) is 1. The van der Waals surface area contributed by atoms with Gasteiger partial charge in [-0.2, -0.15) is 0 Å². The fourth-order valence-corrected chi connectivity index (χ4v) is 5.72. The third-order valence-electron chi connectivity index (χ3n) is 7.37. The Morgan fingerprint density at radius 3 is 2.41 bits per heavy atom. The lowest BCUT2D eigenvalue weighted by atomic mass is 9.87. The van der Waals surface area contributed by atoms with E-state index in [1.807, 2.05) is 13.8 Å². The third kappa shape index (κ3) is 3.47. The minimum Gasteiger partial charge on any atom is -0.351 e. The van der Waals surface area contributed by atoms with Crippen LogP contribution in [-0.4, -0.2) is 27.6 Å². The van der Waals surface area contributed by atoms with Gasteiger partial charge in [0.1, 0.15) is 0 Å². The number of benzene rings is 3. The lowest BCUT2D eigenvalue weighted by molar-refractivity contribution is 0.257. The Morgan fingerprint density at radius 2 is 1.59 bits per heavy atom. The van der Waals surface area contributed by atoms with E-state index in [1.54, 1.807) is 0 Å². The van der Waals surface area contributed by atoms with Crippen molar-refractivity contribution in [1.29, 1.82) is 0 Å². The third-order valence-corrected chi connectivity index (χ3v) is 7.37. The molecule has 0 amide bonds. The van der Waals surface area contributed by atoms with Crippen molar-refractivity contribution in [3.8, 4) is 11.1 Å². The van der Waals surface area contributed by atoms with Crippen LogP contribution in [0, 0.1) is 6.92 Å². The number of fused-ring (bicyclic) bond motifs is 4. The van der Waals surface area contributed by atoms with E-state index in [0.717, 1.165) is 13.0 Å². The predicted molar refractivity (Wildman–Crippen MR) is 146 cm³/mol. The standard InChI is InChI=1S/C29H29N3.C2H6/c1-19-9-11-27-25(17-19)24-14-16-31(3)28(29(24)32(27)4)23-8-6-5-7-22(23)20-10-12-26-21(18-20)13-15-30(26)2;1-2/h5-13,15,17-18,28H,14,16H2,1-4H3;1-2H3. The molecule has 0 fully saturated rings. The van der Waals surface area contributed by atoms with Gasteiger partial charge in [0.05, 0.1) is 6.04 Å². The molecule has 3 heteroatoms. The van der Waals surface area contributed by atoms with Gasteiger partial charge >= 0.3 is 0 Å². The molecule has 0 saturated heterocycles. The van der Waals surface area contributed by atoms with Crippen LogP contribution in [0.25, 0.3) is 32.9 Å². The second kappa shape index (κ2) is 8.81. The first-order valence-corrected chi connectivity index (χ1v) is 12.5. The number of hydrogen-bond donors (Lipinski definition) is 0. The second-order valence-electron chi connectivity index (χ2n) is 9.36. The minimum absolute atomic E-state index is 0.235. The van der Waals surface area contributed by atoms with Gasteiger partial charge < -0.3 is 9.13 Å². The average Bonchev–Trinajstić information content (AvgIpc) is 3.37. The number of aryl methyl sites for hydroxylation is 3. The second-order valence-corrected chi connectivity index (χ2v) is 9.36. The van der Waals surface area contributed by atoms with Crippen molar-refractivity contribution in [2.75, 3.05) is 13.6 Å². The number of aromatic nitrogens is 2. The summed E-state index contributed by atoms with van der Waals surface area (Å²) in [5.41, 5.74) is 10.9. The van der Waals surface area contributed by atoms with Gasteiger partial charge in [0.15, 0.2) is 0 Å². The molecule has 6 rings (SSSR count). The molecule has 3 aromatic carbocycles. The van der Waals surface area contributed by atoms with Crippen molar-refractivity contribution >= 4 is 21.8 Å². The largest absolute Gasteiger partial charge is 0.351 e. The molecular weight excluding hydrogens is 414 g/mol. The summed E-state index contributed by atoms with van der Waals surface area (Å²) in [6.07, 6.45) is 3.24. The summed E-state index contributed by atoms with van der Waals surface area (Å²) < 4.78 is 4.62.